The highest BCUT2D eigenvalue weighted by atomic mass is 16.6. The SMILES string of the molecule is C[C@H]1c2ccccc2[C@H]2O[C@@H]21. The van der Waals surface area contributed by atoms with Crippen LogP contribution in [0.15, 0.2) is 24.3 Å². The standard InChI is InChI=1S/C10H10O/c1-6-7-4-2-3-5-8(7)10-9(6)11-10/h2-6,9-10H,1H3/t6-,9+,10+/m0/s1. The minimum atomic E-state index is 0.446. The molecule has 1 aromatic rings. The number of epoxide rings is 1. The Hall–Kier alpha value is -0.820. The van der Waals surface area contributed by atoms with Crippen LogP contribution in [0.1, 0.15) is 30.1 Å². The molecule has 1 heteroatoms. The van der Waals surface area contributed by atoms with Crippen molar-refractivity contribution in [2.75, 3.05) is 0 Å². The Labute approximate surface area is 66.0 Å². The van der Waals surface area contributed by atoms with Gasteiger partial charge in [0.1, 0.15) is 6.10 Å². The Morgan fingerprint density at radius 2 is 1.91 bits per heavy atom. The Bertz CT molecular complexity index is 290. The van der Waals surface area contributed by atoms with Crippen molar-refractivity contribution in [1.82, 2.24) is 0 Å². The molecule has 0 unspecified atom stereocenters. The Morgan fingerprint density at radius 1 is 1.18 bits per heavy atom. The second-order valence-electron chi connectivity index (χ2n) is 3.44. The van der Waals surface area contributed by atoms with Gasteiger partial charge in [0, 0.05) is 5.92 Å². The number of fused-ring (bicyclic) bond motifs is 3. The van der Waals surface area contributed by atoms with Gasteiger partial charge in [0.2, 0.25) is 0 Å². The minimum Gasteiger partial charge on any atom is -0.364 e. The molecule has 11 heavy (non-hydrogen) atoms. The van der Waals surface area contributed by atoms with Gasteiger partial charge in [-0.3, -0.25) is 0 Å². The van der Waals surface area contributed by atoms with Crippen molar-refractivity contribution in [2.45, 2.75) is 25.0 Å². The van der Waals surface area contributed by atoms with Gasteiger partial charge in [0.25, 0.3) is 0 Å². The first-order valence-corrected chi connectivity index (χ1v) is 4.12. The zero-order valence-electron chi connectivity index (χ0n) is 6.45. The normalized spacial score (nSPS) is 38.1. The Kier molecular flexibility index (Phi) is 0.878. The first kappa shape index (κ1) is 5.78. The number of hydrogen-bond acceptors (Lipinski definition) is 1. The van der Waals surface area contributed by atoms with Crippen LogP contribution < -0.4 is 0 Å². The van der Waals surface area contributed by atoms with Gasteiger partial charge in [-0.2, -0.15) is 0 Å². The number of rotatable bonds is 0. The van der Waals surface area contributed by atoms with Crippen LogP contribution in [0, 0.1) is 0 Å². The molecule has 1 nitrogen and oxygen atoms in total. The van der Waals surface area contributed by atoms with Crippen molar-refractivity contribution in [1.29, 1.82) is 0 Å². The van der Waals surface area contributed by atoms with Crippen LogP contribution in [-0.2, 0) is 4.74 Å². The van der Waals surface area contributed by atoms with Gasteiger partial charge in [-0.15, -0.1) is 0 Å². The largest absolute Gasteiger partial charge is 0.364 e. The average Bonchev–Trinajstić information content (AvgIpc) is 2.78. The van der Waals surface area contributed by atoms with E-state index in [-0.39, 0.29) is 0 Å². The zero-order valence-corrected chi connectivity index (χ0v) is 6.45. The maximum atomic E-state index is 5.49. The van der Waals surface area contributed by atoms with E-state index in [0.29, 0.717) is 18.1 Å². The van der Waals surface area contributed by atoms with Crippen molar-refractivity contribution < 1.29 is 4.74 Å². The smallest absolute Gasteiger partial charge is 0.110 e. The highest BCUT2D eigenvalue weighted by molar-refractivity contribution is 5.42. The lowest BCUT2D eigenvalue weighted by molar-refractivity contribution is 0.341. The molecule has 0 aromatic heterocycles. The Balaban J connectivity index is 2.22. The van der Waals surface area contributed by atoms with E-state index in [0.717, 1.165) is 0 Å². The molecule has 3 rings (SSSR count). The average molecular weight is 146 g/mol. The second-order valence-corrected chi connectivity index (χ2v) is 3.44. The summed E-state index contributed by atoms with van der Waals surface area (Å²) in [5, 5.41) is 0. The molecule has 1 fully saturated rings. The fourth-order valence-electron chi connectivity index (χ4n) is 2.12. The molecule has 1 aliphatic heterocycles. The fourth-order valence-corrected chi connectivity index (χ4v) is 2.12. The van der Waals surface area contributed by atoms with Crippen molar-refractivity contribution in [3.63, 3.8) is 0 Å². The van der Waals surface area contributed by atoms with E-state index in [2.05, 4.69) is 31.2 Å². The third-order valence-corrected chi connectivity index (χ3v) is 2.81. The molecule has 1 aliphatic carbocycles. The van der Waals surface area contributed by atoms with Gasteiger partial charge < -0.3 is 4.74 Å². The predicted molar refractivity (Wildman–Crippen MR) is 42.5 cm³/mol. The van der Waals surface area contributed by atoms with Gasteiger partial charge in [-0.1, -0.05) is 31.2 Å². The van der Waals surface area contributed by atoms with Gasteiger partial charge in [-0.25, -0.2) is 0 Å². The topological polar surface area (TPSA) is 12.5 Å². The van der Waals surface area contributed by atoms with Crippen LogP contribution in [0.5, 0.6) is 0 Å². The molecule has 0 radical (unpaired) electrons. The summed E-state index contributed by atoms with van der Waals surface area (Å²) in [6, 6.07) is 8.61. The van der Waals surface area contributed by atoms with Gasteiger partial charge in [0.15, 0.2) is 0 Å². The maximum absolute atomic E-state index is 5.49. The molecule has 1 heterocycles. The lowest BCUT2D eigenvalue weighted by Crippen LogP contribution is -1.95. The number of ether oxygens (including phenoxy) is 1. The number of benzene rings is 1. The van der Waals surface area contributed by atoms with Gasteiger partial charge in [-0.05, 0) is 11.1 Å². The molecule has 0 amide bonds. The van der Waals surface area contributed by atoms with Crippen LogP contribution in [0.4, 0.5) is 0 Å². The molecule has 0 bridgehead atoms. The van der Waals surface area contributed by atoms with Crippen LogP contribution in [0.3, 0.4) is 0 Å². The lowest BCUT2D eigenvalue weighted by Gasteiger charge is -2.06. The van der Waals surface area contributed by atoms with E-state index >= 15 is 0 Å². The fraction of sp³-hybridized carbons (Fsp3) is 0.400. The van der Waals surface area contributed by atoms with E-state index in [1.165, 1.54) is 11.1 Å². The van der Waals surface area contributed by atoms with E-state index < -0.39 is 0 Å². The summed E-state index contributed by atoms with van der Waals surface area (Å²) >= 11 is 0. The molecular formula is C10H10O. The molecular weight excluding hydrogens is 136 g/mol. The third-order valence-electron chi connectivity index (χ3n) is 2.81. The molecule has 1 saturated heterocycles. The molecule has 3 atom stereocenters. The summed E-state index contributed by atoms with van der Waals surface area (Å²) < 4.78 is 5.49. The summed E-state index contributed by atoms with van der Waals surface area (Å²) in [6.07, 6.45) is 0.952. The predicted octanol–water partition coefficient (Wildman–Crippen LogP) is 2.24. The lowest BCUT2D eigenvalue weighted by atomic mass is 10.0. The summed E-state index contributed by atoms with van der Waals surface area (Å²) in [6.45, 7) is 2.25. The highest BCUT2D eigenvalue weighted by Gasteiger charge is 2.51. The van der Waals surface area contributed by atoms with Crippen LogP contribution in [0.2, 0.25) is 0 Å². The van der Waals surface area contributed by atoms with E-state index in [1.807, 2.05) is 0 Å². The van der Waals surface area contributed by atoms with E-state index in [9.17, 15) is 0 Å². The molecule has 0 N–H and O–H groups in total. The number of hydrogen-bond donors (Lipinski definition) is 0. The van der Waals surface area contributed by atoms with Crippen molar-refractivity contribution in [3.8, 4) is 0 Å². The highest BCUT2D eigenvalue weighted by Crippen LogP contribution is 2.55. The summed E-state index contributed by atoms with van der Waals surface area (Å²) in [7, 11) is 0. The monoisotopic (exact) mass is 146 g/mol. The molecule has 2 aliphatic rings. The van der Waals surface area contributed by atoms with Crippen LogP contribution >= 0.6 is 0 Å². The van der Waals surface area contributed by atoms with E-state index in [4.69, 9.17) is 4.74 Å². The minimum absolute atomic E-state index is 0.446. The van der Waals surface area contributed by atoms with Crippen LogP contribution in [0.25, 0.3) is 0 Å². The Morgan fingerprint density at radius 3 is 2.64 bits per heavy atom. The zero-order chi connectivity index (χ0) is 7.42. The molecule has 1 aromatic carbocycles. The quantitative estimate of drug-likeness (QED) is 0.511. The maximum Gasteiger partial charge on any atom is 0.110 e. The van der Waals surface area contributed by atoms with Crippen molar-refractivity contribution in [3.05, 3.63) is 35.4 Å². The summed E-state index contributed by atoms with van der Waals surface area (Å²) in [5.74, 6) is 0.621. The third kappa shape index (κ3) is 0.596. The van der Waals surface area contributed by atoms with E-state index in [1.54, 1.807) is 0 Å². The molecule has 0 saturated carbocycles. The molecule has 0 spiro atoms. The first-order chi connectivity index (χ1) is 5.38. The van der Waals surface area contributed by atoms with Gasteiger partial charge >= 0.3 is 0 Å². The van der Waals surface area contributed by atoms with Gasteiger partial charge in [0.05, 0.1) is 6.10 Å². The van der Waals surface area contributed by atoms with Crippen LogP contribution in [-0.4, -0.2) is 6.10 Å². The summed E-state index contributed by atoms with van der Waals surface area (Å²) in [4.78, 5) is 0. The van der Waals surface area contributed by atoms with Crippen molar-refractivity contribution in [2.24, 2.45) is 0 Å². The molecule has 56 valence electrons. The summed E-state index contributed by atoms with van der Waals surface area (Å²) in [5.41, 5.74) is 2.92. The van der Waals surface area contributed by atoms with Crippen molar-refractivity contribution >= 4 is 0 Å². The first-order valence-electron chi connectivity index (χ1n) is 4.12. The second kappa shape index (κ2) is 1.67.